The molecule has 1 amide bonds. The molecule has 0 aliphatic carbocycles. The van der Waals surface area contributed by atoms with Crippen LogP contribution in [0.15, 0.2) is 34.9 Å². The maximum atomic E-state index is 12.4. The third-order valence-corrected chi connectivity index (χ3v) is 4.73. The van der Waals surface area contributed by atoms with Gasteiger partial charge in [0.15, 0.2) is 5.76 Å². The minimum absolute atomic E-state index is 0.0937. The summed E-state index contributed by atoms with van der Waals surface area (Å²) in [6.07, 6.45) is 3.83. The van der Waals surface area contributed by atoms with Crippen LogP contribution in [0.5, 0.6) is 0 Å². The monoisotopic (exact) mass is 312 g/mol. The van der Waals surface area contributed by atoms with Crippen molar-refractivity contribution in [3.05, 3.63) is 36.4 Å². The van der Waals surface area contributed by atoms with Gasteiger partial charge in [-0.15, -0.1) is 0 Å². The first-order chi connectivity index (χ1) is 11.2. The number of amides is 1. The van der Waals surface area contributed by atoms with Crippen LogP contribution in [0.25, 0.3) is 11.3 Å². The molecule has 3 N–H and O–H groups in total. The van der Waals surface area contributed by atoms with Crippen molar-refractivity contribution in [3.8, 4) is 11.3 Å². The number of oxazole rings is 1. The third-order valence-electron chi connectivity index (χ3n) is 4.73. The fraction of sp³-hybridized carbons (Fsp3) is 0.412. The van der Waals surface area contributed by atoms with Crippen LogP contribution >= 0.6 is 0 Å². The lowest BCUT2D eigenvalue weighted by molar-refractivity contribution is 0.0875. The maximum Gasteiger partial charge on any atom is 0.307 e. The number of rotatable bonds is 3. The van der Waals surface area contributed by atoms with E-state index >= 15 is 0 Å². The minimum atomic E-state index is -0.252. The summed E-state index contributed by atoms with van der Waals surface area (Å²) >= 11 is 0. The highest BCUT2D eigenvalue weighted by atomic mass is 16.4. The summed E-state index contributed by atoms with van der Waals surface area (Å²) in [6, 6.07) is 7.56. The van der Waals surface area contributed by atoms with E-state index in [-0.39, 0.29) is 17.8 Å². The number of benzene rings is 1. The number of para-hydroxylation sites is 1. The molecule has 0 radical (unpaired) electrons. The molecule has 4 rings (SSSR count). The summed E-state index contributed by atoms with van der Waals surface area (Å²) in [7, 11) is 0. The summed E-state index contributed by atoms with van der Waals surface area (Å²) in [5.41, 5.74) is 7.29. The van der Waals surface area contributed by atoms with Crippen LogP contribution in [0.1, 0.15) is 23.5 Å². The number of anilines is 1. The molecule has 2 saturated heterocycles. The summed E-state index contributed by atoms with van der Waals surface area (Å²) in [5.74, 6) is 1.06. The van der Waals surface area contributed by atoms with Crippen molar-refractivity contribution < 1.29 is 9.21 Å². The highest BCUT2D eigenvalue weighted by Crippen LogP contribution is 2.28. The van der Waals surface area contributed by atoms with Gasteiger partial charge in [-0.3, -0.25) is 4.79 Å². The summed E-state index contributed by atoms with van der Waals surface area (Å²) in [6.45, 7) is 3.23. The summed E-state index contributed by atoms with van der Waals surface area (Å²) in [4.78, 5) is 18.9. The second kappa shape index (κ2) is 5.70. The molecule has 3 heterocycles. The molecule has 2 aliphatic rings. The average Bonchev–Trinajstić information content (AvgIpc) is 3.15. The Hall–Kier alpha value is -2.34. The van der Waals surface area contributed by atoms with Gasteiger partial charge in [0, 0.05) is 30.4 Å². The number of nitrogens with zero attached hydrogens (tertiary/aromatic N) is 2. The number of hydrogen-bond donors (Lipinski definition) is 2. The SMILES string of the molecule is Nc1ccccc1-c1cnc(C(=O)N[C@@H]2C[C@H]3CCN(C3)C2)o1. The molecule has 1 aromatic carbocycles. The molecule has 23 heavy (non-hydrogen) atoms. The molecule has 6 nitrogen and oxygen atoms in total. The first-order valence-electron chi connectivity index (χ1n) is 8.03. The Kier molecular flexibility index (Phi) is 3.53. The van der Waals surface area contributed by atoms with Crippen LogP contribution in [0.3, 0.4) is 0 Å². The van der Waals surface area contributed by atoms with E-state index in [1.807, 2.05) is 18.2 Å². The topological polar surface area (TPSA) is 84.4 Å². The molecule has 1 aromatic heterocycles. The van der Waals surface area contributed by atoms with E-state index in [0.717, 1.165) is 25.1 Å². The van der Waals surface area contributed by atoms with Gasteiger partial charge in [-0.2, -0.15) is 0 Å². The zero-order valence-corrected chi connectivity index (χ0v) is 12.9. The molecular weight excluding hydrogens is 292 g/mol. The van der Waals surface area contributed by atoms with E-state index in [4.69, 9.17) is 10.2 Å². The molecule has 0 saturated carbocycles. The molecule has 2 bridgehead atoms. The Morgan fingerprint density at radius 1 is 1.35 bits per heavy atom. The molecule has 6 heteroatoms. The van der Waals surface area contributed by atoms with Crippen molar-refractivity contribution in [1.82, 2.24) is 15.2 Å². The zero-order valence-electron chi connectivity index (χ0n) is 12.9. The van der Waals surface area contributed by atoms with Crippen molar-refractivity contribution in [2.75, 3.05) is 25.4 Å². The normalized spacial score (nSPS) is 26.2. The smallest absolute Gasteiger partial charge is 0.307 e. The lowest BCUT2D eigenvalue weighted by Gasteiger charge is -2.30. The van der Waals surface area contributed by atoms with Gasteiger partial charge in [-0.25, -0.2) is 4.98 Å². The fourth-order valence-electron chi connectivity index (χ4n) is 3.64. The summed E-state index contributed by atoms with van der Waals surface area (Å²) < 4.78 is 5.61. The molecule has 0 spiro atoms. The number of carbonyl (C=O) groups excluding carboxylic acids is 1. The van der Waals surface area contributed by atoms with E-state index in [1.54, 1.807) is 12.3 Å². The van der Waals surface area contributed by atoms with Gasteiger partial charge in [0.05, 0.1) is 6.20 Å². The number of fused-ring (bicyclic) bond motifs is 2. The van der Waals surface area contributed by atoms with E-state index in [9.17, 15) is 4.79 Å². The number of piperidine rings is 1. The molecular formula is C17H20N4O2. The number of nitrogens with two attached hydrogens (primary N) is 1. The van der Waals surface area contributed by atoms with E-state index in [1.165, 1.54) is 13.0 Å². The maximum absolute atomic E-state index is 12.4. The van der Waals surface area contributed by atoms with Crippen LogP contribution in [0.2, 0.25) is 0 Å². The molecule has 2 aliphatic heterocycles. The van der Waals surface area contributed by atoms with Crippen molar-refractivity contribution in [1.29, 1.82) is 0 Å². The van der Waals surface area contributed by atoms with E-state index < -0.39 is 0 Å². The standard InChI is InChI=1S/C17H20N4O2/c18-14-4-2-1-3-13(14)15-8-19-17(23-15)16(22)20-12-7-11-5-6-21(9-11)10-12/h1-4,8,11-12H,5-7,9-10,18H2,(H,20,22)/t11-,12-/m1/s1. The molecule has 2 fully saturated rings. The number of hydrogen-bond acceptors (Lipinski definition) is 5. The Balaban J connectivity index is 1.46. The highest BCUT2D eigenvalue weighted by molar-refractivity contribution is 5.90. The summed E-state index contributed by atoms with van der Waals surface area (Å²) in [5, 5.41) is 3.05. The molecule has 2 aromatic rings. The first-order valence-corrected chi connectivity index (χ1v) is 8.03. The molecule has 1 unspecified atom stereocenters. The quantitative estimate of drug-likeness (QED) is 0.844. The third kappa shape index (κ3) is 2.82. The lowest BCUT2D eigenvalue weighted by atomic mass is 9.97. The van der Waals surface area contributed by atoms with Gasteiger partial charge in [0.1, 0.15) is 0 Å². The van der Waals surface area contributed by atoms with Gasteiger partial charge in [-0.1, -0.05) is 12.1 Å². The minimum Gasteiger partial charge on any atom is -0.432 e. The van der Waals surface area contributed by atoms with Gasteiger partial charge in [0.2, 0.25) is 0 Å². The van der Waals surface area contributed by atoms with Crippen LogP contribution < -0.4 is 11.1 Å². The van der Waals surface area contributed by atoms with E-state index in [0.29, 0.717) is 17.4 Å². The van der Waals surface area contributed by atoms with Crippen LogP contribution in [-0.2, 0) is 0 Å². The zero-order chi connectivity index (χ0) is 15.8. The number of aromatic nitrogens is 1. The van der Waals surface area contributed by atoms with Crippen molar-refractivity contribution >= 4 is 11.6 Å². The first kappa shape index (κ1) is 14.3. The van der Waals surface area contributed by atoms with Crippen LogP contribution in [-0.4, -0.2) is 41.5 Å². The van der Waals surface area contributed by atoms with Gasteiger partial charge < -0.3 is 20.4 Å². The van der Waals surface area contributed by atoms with Crippen molar-refractivity contribution in [2.45, 2.75) is 18.9 Å². The largest absolute Gasteiger partial charge is 0.432 e. The molecule has 3 atom stereocenters. The van der Waals surface area contributed by atoms with E-state index in [2.05, 4.69) is 15.2 Å². The van der Waals surface area contributed by atoms with Gasteiger partial charge in [-0.05, 0) is 37.4 Å². The fourth-order valence-corrected chi connectivity index (χ4v) is 3.64. The van der Waals surface area contributed by atoms with Crippen LogP contribution in [0, 0.1) is 5.92 Å². The number of nitrogens with one attached hydrogen (secondary N) is 1. The van der Waals surface area contributed by atoms with Crippen molar-refractivity contribution in [3.63, 3.8) is 0 Å². The second-order valence-electron chi connectivity index (χ2n) is 6.44. The predicted octanol–water partition coefficient (Wildman–Crippen LogP) is 1.75. The van der Waals surface area contributed by atoms with Crippen molar-refractivity contribution in [2.24, 2.45) is 5.92 Å². The average molecular weight is 312 g/mol. The second-order valence-corrected chi connectivity index (χ2v) is 6.44. The predicted molar refractivity (Wildman–Crippen MR) is 86.8 cm³/mol. The Morgan fingerprint density at radius 3 is 3.04 bits per heavy atom. The molecule has 120 valence electrons. The Bertz CT molecular complexity index is 715. The Morgan fingerprint density at radius 2 is 2.22 bits per heavy atom. The van der Waals surface area contributed by atoms with Gasteiger partial charge in [0.25, 0.3) is 5.89 Å². The number of carbonyl (C=O) groups is 1. The Labute approximate surface area is 134 Å². The lowest BCUT2D eigenvalue weighted by Crippen LogP contribution is -2.47. The van der Waals surface area contributed by atoms with Crippen LogP contribution in [0.4, 0.5) is 5.69 Å². The van der Waals surface area contributed by atoms with Gasteiger partial charge >= 0.3 is 5.91 Å². The number of nitrogen functional groups attached to an aromatic ring is 1. The highest BCUT2D eigenvalue weighted by Gasteiger charge is 2.33.